The van der Waals surface area contributed by atoms with E-state index in [0.29, 0.717) is 11.1 Å². The Kier molecular flexibility index (Phi) is 4.25. The number of imide groups is 1. The van der Waals surface area contributed by atoms with E-state index in [2.05, 4.69) is 40.0 Å². The molecule has 1 unspecified atom stereocenters. The number of nitrogens with one attached hydrogen (secondary N) is 1. The average molecular weight is 465 g/mol. The third-order valence-electron chi connectivity index (χ3n) is 8.44. The van der Waals surface area contributed by atoms with Crippen molar-refractivity contribution in [1.29, 1.82) is 0 Å². The zero-order chi connectivity index (χ0) is 23.9. The minimum absolute atomic E-state index is 0.279. The maximum absolute atomic E-state index is 13.4. The molecule has 1 N–H and O–H groups in total. The van der Waals surface area contributed by atoms with Gasteiger partial charge >= 0.3 is 0 Å². The molecule has 1 fully saturated rings. The van der Waals surface area contributed by atoms with Crippen LogP contribution < -0.4 is 5.32 Å². The Balaban J connectivity index is 1.51. The molecule has 3 aliphatic heterocycles. The van der Waals surface area contributed by atoms with Gasteiger partial charge in [-0.1, -0.05) is 36.4 Å². The number of nitrogens with zero attached hydrogens (tertiary/aromatic N) is 3. The fourth-order valence-electron chi connectivity index (χ4n) is 6.86. The molecular formula is C29H28N4O2. The Labute approximate surface area is 203 Å². The third-order valence-corrected chi connectivity index (χ3v) is 8.44. The van der Waals surface area contributed by atoms with Crippen LogP contribution in [-0.2, 0) is 29.6 Å². The lowest BCUT2D eigenvalue weighted by Crippen LogP contribution is -2.35. The van der Waals surface area contributed by atoms with Crippen LogP contribution >= 0.6 is 0 Å². The Bertz CT molecular complexity index is 1600. The van der Waals surface area contributed by atoms with Crippen LogP contribution in [-0.4, -0.2) is 46.0 Å². The SMILES string of the molecule is CN1CCC2(CCc3c(C4=C(c5cn(C)c6ccccc56)C(=O)NC4=O)c4ccccc4n3C2)C1. The van der Waals surface area contributed by atoms with Crippen LogP contribution in [0.25, 0.3) is 33.0 Å². The highest BCUT2D eigenvalue weighted by molar-refractivity contribution is 6.51. The fraction of sp³-hybridized carbons (Fsp3) is 0.310. The van der Waals surface area contributed by atoms with Crippen LogP contribution in [0.3, 0.4) is 0 Å². The van der Waals surface area contributed by atoms with Crippen molar-refractivity contribution in [2.75, 3.05) is 20.1 Å². The van der Waals surface area contributed by atoms with Crippen LogP contribution in [0.15, 0.2) is 54.7 Å². The van der Waals surface area contributed by atoms with Gasteiger partial charge in [-0.2, -0.15) is 0 Å². The van der Waals surface area contributed by atoms with Gasteiger partial charge in [-0.25, -0.2) is 0 Å². The standard InChI is InChI=1S/C29H28N4O2/c1-31-14-13-29(16-31)12-11-23-24(19-8-4-6-10-22(19)33(23)17-29)26-25(27(34)30-28(26)35)20-15-32(2)21-9-5-3-7-18(20)21/h3-10,15H,11-14,16-17H2,1-2H3,(H,30,34,35). The molecule has 0 bridgehead atoms. The van der Waals surface area contributed by atoms with Gasteiger partial charge in [0.15, 0.2) is 0 Å². The Hall–Kier alpha value is -3.64. The molecule has 0 aliphatic carbocycles. The molecule has 2 aromatic heterocycles. The van der Waals surface area contributed by atoms with E-state index in [0.717, 1.165) is 65.4 Å². The van der Waals surface area contributed by atoms with E-state index in [1.54, 1.807) is 0 Å². The second-order valence-corrected chi connectivity index (χ2v) is 10.6. The van der Waals surface area contributed by atoms with Crippen LogP contribution in [0, 0.1) is 5.41 Å². The first-order chi connectivity index (χ1) is 17.0. The molecule has 1 atom stereocenters. The smallest absolute Gasteiger partial charge is 0.259 e. The number of aryl methyl sites for hydroxylation is 1. The average Bonchev–Trinajstić information content (AvgIpc) is 3.56. The number of hydrogen-bond donors (Lipinski definition) is 1. The van der Waals surface area contributed by atoms with Crippen molar-refractivity contribution in [1.82, 2.24) is 19.4 Å². The second-order valence-electron chi connectivity index (χ2n) is 10.6. The van der Waals surface area contributed by atoms with E-state index in [9.17, 15) is 9.59 Å². The van der Waals surface area contributed by atoms with Gasteiger partial charge in [-0.05, 0) is 45.0 Å². The molecule has 1 saturated heterocycles. The van der Waals surface area contributed by atoms with E-state index < -0.39 is 0 Å². The molecule has 176 valence electrons. The molecular weight excluding hydrogens is 436 g/mol. The summed E-state index contributed by atoms with van der Waals surface area (Å²) in [5.74, 6) is -0.604. The maximum atomic E-state index is 13.4. The minimum atomic E-state index is -0.310. The number of rotatable bonds is 2. The van der Waals surface area contributed by atoms with E-state index in [4.69, 9.17) is 0 Å². The fourth-order valence-corrected chi connectivity index (χ4v) is 6.86. The summed E-state index contributed by atoms with van der Waals surface area (Å²) in [5.41, 5.74) is 6.43. The van der Waals surface area contributed by atoms with E-state index in [-0.39, 0.29) is 17.2 Å². The molecule has 35 heavy (non-hydrogen) atoms. The normalized spacial score (nSPS) is 22.7. The van der Waals surface area contributed by atoms with E-state index >= 15 is 0 Å². The number of benzene rings is 2. The topological polar surface area (TPSA) is 59.3 Å². The molecule has 6 heteroatoms. The first kappa shape index (κ1) is 20.7. The molecule has 0 radical (unpaired) electrons. The van der Waals surface area contributed by atoms with Crippen molar-refractivity contribution < 1.29 is 9.59 Å². The second kappa shape index (κ2) is 7.18. The largest absolute Gasteiger partial charge is 0.350 e. The molecule has 6 nitrogen and oxygen atoms in total. The van der Waals surface area contributed by atoms with Gasteiger partial charge in [-0.15, -0.1) is 0 Å². The number of likely N-dealkylation sites (tertiary alicyclic amines) is 1. The summed E-state index contributed by atoms with van der Waals surface area (Å²) >= 11 is 0. The number of carbonyl (C=O) groups excluding carboxylic acids is 2. The van der Waals surface area contributed by atoms with Gasteiger partial charge in [0.1, 0.15) is 0 Å². The van der Waals surface area contributed by atoms with E-state index in [1.165, 1.54) is 12.1 Å². The zero-order valence-electron chi connectivity index (χ0n) is 20.1. The summed E-state index contributed by atoms with van der Waals surface area (Å²) in [5, 5.41) is 4.67. The van der Waals surface area contributed by atoms with Gasteiger partial charge in [-0.3, -0.25) is 14.9 Å². The molecule has 1 spiro atoms. The number of carbonyl (C=O) groups is 2. The molecule has 7 rings (SSSR count). The van der Waals surface area contributed by atoms with Crippen molar-refractivity contribution in [2.45, 2.75) is 25.8 Å². The highest BCUT2D eigenvalue weighted by atomic mass is 16.2. The lowest BCUT2D eigenvalue weighted by Gasteiger charge is -2.35. The van der Waals surface area contributed by atoms with Crippen molar-refractivity contribution in [3.05, 3.63) is 71.5 Å². The summed E-state index contributed by atoms with van der Waals surface area (Å²) in [6, 6.07) is 16.4. The van der Waals surface area contributed by atoms with Crippen LogP contribution in [0.5, 0.6) is 0 Å². The Morgan fingerprint density at radius 3 is 2.31 bits per heavy atom. The molecule has 5 heterocycles. The lowest BCUT2D eigenvalue weighted by atomic mass is 9.78. The summed E-state index contributed by atoms with van der Waals surface area (Å²) in [6.45, 7) is 3.20. The predicted octanol–water partition coefficient (Wildman–Crippen LogP) is 3.97. The number of amides is 2. The van der Waals surface area contributed by atoms with Crippen molar-refractivity contribution in [3.8, 4) is 0 Å². The zero-order valence-corrected chi connectivity index (χ0v) is 20.1. The van der Waals surface area contributed by atoms with Gasteiger partial charge in [0.25, 0.3) is 11.8 Å². The predicted molar refractivity (Wildman–Crippen MR) is 138 cm³/mol. The lowest BCUT2D eigenvalue weighted by molar-refractivity contribution is -0.122. The summed E-state index contributed by atoms with van der Waals surface area (Å²) < 4.78 is 4.47. The summed E-state index contributed by atoms with van der Waals surface area (Å²) in [7, 11) is 4.19. The number of fused-ring (bicyclic) bond motifs is 4. The number of aromatic nitrogens is 2. The highest BCUT2D eigenvalue weighted by Crippen LogP contribution is 2.47. The minimum Gasteiger partial charge on any atom is -0.350 e. The number of hydrogen-bond acceptors (Lipinski definition) is 3. The van der Waals surface area contributed by atoms with E-state index in [1.807, 2.05) is 48.1 Å². The molecule has 3 aliphatic rings. The monoisotopic (exact) mass is 464 g/mol. The van der Waals surface area contributed by atoms with Crippen molar-refractivity contribution >= 4 is 44.8 Å². The van der Waals surface area contributed by atoms with Crippen molar-refractivity contribution in [2.24, 2.45) is 12.5 Å². The molecule has 2 aromatic carbocycles. The first-order valence-corrected chi connectivity index (χ1v) is 12.4. The van der Waals surface area contributed by atoms with Crippen molar-refractivity contribution in [3.63, 3.8) is 0 Å². The highest BCUT2D eigenvalue weighted by Gasteiger charge is 2.43. The molecule has 4 aromatic rings. The quantitative estimate of drug-likeness (QED) is 0.457. The summed E-state index contributed by atoms with van der Waals surface area (Å²) in [6.07, 6.45) is 5.19. The van der Waals surface area contributed by atoms with Crippen LogP contribution in [0.4, 0.5) is 0 Å². The maximum Gasteiger partial charge on any atom is 0.259 e. The first-order valence-electron chi connectivity index (χ1n) is 12.4. The van der Waals surface area contributed by atoms with Crippen LogP contribution in [0.1, 0.15) is 29.7 Å². The third kappa shape index (κ3) is 2.86. The Morgan fingerprint density at radius 1 is 0.829 bits per heavy atom. The number of para-hydroxylation sites is 2. The van der Waals surface area contributed by atoms with Gasteiger partial charge in [0.2, 0.25) is 0 Å². The Morgan fingerprint density at radius 2 is 1.54 bits per heavy atom. The van der Waals surface area contributed by atoms with Gasteiger partial charge in [0.05, 0.1) is 11.1 Å². The van der Waals surface area contributed by atoms with Gasteiger partial charge in [0, 0.05) is 70.4 Å². The molecule has 2 amide bonds. The summed E-state index contributed by atoms with van der Waals surface area (Å²) in [4.78, 5) is 29.1. The van der Waals surface area contributed by atoms with Gasteiger partial charge < -0.3 is 14.0 Å². The molecule has 0 saturated carbocycles. The van der Waals surface area contributed by atoms with Crippen LogP contribution in [0.2, 0.25) is 0 Å².